The maximum atomic E-state index is 12.0. The van der Waals surface area contributed by atoms with Crippen molar-refractivity contribution in [2.24, 2.45) is 23.5 Å². The predicted octanol–water partition coefficient (Wildman–Crippen LogP) is 2.48. The fourth-order valence-electron chi connectivity index (χ4n) is 3.10. The Morgan fingerprint density at radius 1 is 1.06 bits per heavy atom. The van der Waals surface area contributed by atoms with E-state index < -0.39 is 0 Å². The molecule has 2 N–H and O–H groups in total. The van der Waals surface area contributed by atoms with Crippen molar-refractivity contribution in [3.05, 3.63) is 0 Å². The van der Waals surface area contributed by atoms with Crippen LogP contribution < -0.4 is 5.73 Å². The minimum atomic E-state index is 0.00435. The van der Waals surface area contributed by atoms with Crippen molar-refractivity contribution in [2.75, 3.05) is 0 Å². The first-order valence-corrected chi connectivity index (χ1v) is 7.02. The molecule has 0 radical (unpaired) electrons. The molecule has 0 aromatic heterocycles. The van der Waals surface area contributed by atoms with Crippen LogP contribution >= 0.6 is 0 Å². The summed E-state index contributed by atoms with van der Waals surface area (Å²) in [6.07, 6.45) is 6.12. The van der Waals surface area contributed by atoms with Gasteiger partial charge in [-0.25, -0.2) is 0 Å². The molecule has 2 aliphatic carbocycles. The van der Waals surface area contributed by atoms with Crippen molar-refractivity contribution in [2.45, 2.75) is 64.5 Å². The lowest BCUT2D eigenvalue weighted by molar-refractivity contribution is -0.156. The van der Waals surface area contributed by atoms with Crippen molar-refractivity contribution in [1.82, 2.24) is 0 Å². The Morgan fingerprint density at radius 3 is 2.41 bits per heavy atom. The van der Waals surface area contributed by atoms with Crippen LogP contribution in [0.4, 0.5) is 0 Å². The lowest BCUT2D eigenvalue weighted by Gasteiger charge is -2.32. The van der Waals surface area contributed by atoms with Gasteiger partial charge in [-0.1, -0.05) is 13.8 Å². The topological polar surface area (TPSA) is 52.3 Å². The number of hydrogen-bond donors (Lipinski definition) is 1. The Kier molecular flexibility index (Phi) is 4.08. The van der Waals surface area contributed by atoms with Gasteiger partial charge in [-0.15, -0.1) is 0 Å². The number of carbonyl (C=O) groups is 1. The van der Waals surface area contributed by atoms with E-state index in [2.05, 4.69) is 13.8 Å². The Morgan fingerprint density at radius 2 is 1.82 bits per heavy atom. The maximum Gasteiger partial charge on any atom is 0.309 e. The van der Waals surface area contributed by atoms with Crippen LogP contribution in [0.3, 0.4) is 0 Å². The van der Waals surface area contributed by atoms with Gasteiger partial charge in [-0.2, -0.15) is 0 Å². The van der Waals surface area contributed by atoms with E-state index in [1.807, 2.05) is 0 Å². The van der Waals surface area contributed by atoms with Crippen LogP contribution in [0.25, 0.3) is 0 Å². The molecule has 2 rings (SSSR count). The number of hydrogen-bond acceptors (Lipinski definition) is 3. The van der Waals surface area contributed by atoms with Crippen LogP contribution in [-0.2, 0) is 9.53 Å². The van der Waals surface area contributed by atoms with E-state index >= 15 is 0 Å². The van der Waals surface area contributed by atoms with Crippen molar-refractivity contribution in [3.8, 4) is 0 Å². The largest absolute Gasteiger partial charge is 0.462 e. The summed E-state index contributed by atoms with van der Waals surface area (Å²) in [5.41, 5.74) is 5.83. The average Bonchev–Trinajstić information content (AvgIpc) is 2.70. The monoisotopic (exact) mass is 239 g/mol. The van der Waals surface area contributed by atoms with Crippen LogP contribution in [0.1, 0.15) is 52.4 Å². The van der Waals surface area contributed by atoms with Crippen molar-refractivity contribution < 1.29 is 9.53 Å². The van der Waals surface area contributed by atoms with Crippen LogP contribution in [0.15, 0.2) is 0 Å². The molecule has 0 spiro atoms. The molecule has 2 aliphatic rings. The van der Waals surface area contributed by atoms with Gasteiger partial charge < -0.3 is 10.5 Å². The van der Waals surface area contributed by atoms with Gasteiger partial charge in [0, 0.05) is 6.04 Å². The standard InChI is InChI=1S/C14H25NO2/c1-9-3-6-13(7-10(9)2)17-14(16)11-4-5-12(15)8-11/h9-13H,3-8,15H2,1-2H3/t9?,10?,11-,12+,13?/m1/s1. The number of rotatable bonds is 2. The zero-order valence-electron chi connectivity index (χ0n) is 11.0. The minimum Gasteiger partial charge on any atom is -0.462 e. The molecule has 0 aliphatic heterocycles. The molecule has 0 bridgehead atoms. The zero-order valence-corrected chi connectivity index (χ0v) is 11.0. The number of nitrogens with two attached hydrogens (primary N) is 1. The first kappa shape index (κ1) is 12.9. The van der Waals surface area contributed by atoms with Crippen LogP contribution in [0, 0.1) is 17.8 Å². The first-order chi connectivity index (χ1) is 8.06. The van der Waals surface area contributed by atoms with Gasteiger partial charge in [0.25, 0.3) is 0 Å². The molecule has 17 heavy (non-hydrogen) atoms. The van der Waals surface area contributed by atoms with Gasteiger partial charge in [0.15, 0.2) is 0 Å². The first-order valence-electron chi connectivity index (χ1n) is 7.02. The second kappa shape index (κ2) is 5.38. The summed E-state index contributed by atoms with van der Waals surface area (Å²) in [6.45, 7) is 4.55. The van der Waals surface area contributed by atoms with Gasteiger partial charge in [-0.05, 0) is 50.4 Å². The Balaban J connectivity index is 1.79. The summed E-state index contributed by atoms with van der Waals surface area (Å²) >= 11 is 0. The van der Waals surface area contributed by atoms with E-state index in [9.17, 15) is 4.79 Å². The summed E-state index contributed by atoms with van der Waals surface area (Å²) in [4.78, 5) is 12.0. The fourth-order valence-corrected chi connectivity index (χ4v) is 3.10. The summed E-state index contributed by atoms with van der Waals surface area (Å²) in [5.74, 6) is 1.52. The van der Waals surface area contributed by atoms with Crippen LogP contribution in [-0.4, -0.2) is 18.1 Å². The summed E-state index contributed by atoms with van der Waals surface area (Å²) in [6, 6.07) is 0.206. The Bertz CT molecular complexity index is 279. The third kappa shape index (κ3) is 3.21. The molecule has 3 nitrogen and oxygen atoms in total. The molecule has 3 heteroatoms. The third-order valence-corrected chi connectivity index (χ3v) is 4.64. The molecule has 0 heterocycles. The molecule has 0 saturated heterocycles. The maximum absolute atomic E-state index is 12.0. The molecule has 0 aromatic rings. The molecule has 0 aromatic carbocycles. The third-order valence-electron chi connectivity index (χ3n) is 4.64. The highest BCUT2D eigenvalue weighted by Crippen LogP contribution is 2.32. The quantitative estimate of drug-likeness (QED) is 0.753. The molecular formula is C14H25NO2. The van der Waals surface area contributed by atoms with E-state index in [0.717, 1.165) is 38.0 Å². The smallest absolute Gasteiger partial charge is 0.309 e. The molecule has 5 atom stereocenters. The molecule has 2 saturated carbocycles. The average molecular weight is 239 g/mol. The van der Waals surface area contributed by atoms with Crippen molar-refractivity contribution >= 4 is 5.97 Å². The molecular weight excluding hydrogens is 214 g/mol. The Labute approximate surface area is 104 Å². The highest BCUT2D eigenvalue weighted by Gasteiger charge is 2.32. The number of carbonyl (C=O) groups excluding carboxylic acids is 1. The van der Waals surface area contributed by atoms with Gasteiger partial charge in [0.2, 0.25) is 0 Å². The lowest BCUT2D eigenvalue weighted by Crippen LogP contribution is -2.31. The lowest BCUT2D eigenvalue weighted by atomic mass is 9.80. The van der Waals surface area contributed by atoms with E-state index in [4.69, 9.17) is 10.5 Å². The van der Waals surface area contributed by atoms with Crippen LogP contribution in [0.2, 0.25) is 0 Å². The zero-order chi connectivity index (χ0) is 12.4. The van der Waals surface area contributed by atoms with E-state index in [1.54, 1.807) is 0 Å². The molecule has 2 fully saturated rings. The number of ether oxygens (including phenoxy) is 1. The summed E-state index contributed by atoms with van der Waals surface area (Å²) in [5, 5.41) is 0. The van der Waals surface area contributed by atoms with Crippen molar-refractivity contribution in [1.29, 1.82) is 0 Å². The second-order valence-electron chi connectivity index (χ2n) is 6.10. The number of esters is 1. The van der Waals surface area contributed by atoms with Crippen LogP contribution in [0.5, 0.6) is 0 Å². The highest BCUT2D eigenvalue weighted by atomic mass is 16.5. The van der Waals surface area contributed by atoms with Gasteiger partial charge in [0.1, 0.15) is 6.10 Å². The highest BCUT2D eigenvalue weighted by molar-refractivity contribution is 5.73. The summed E-state index contributed by atoms with van der Waals surface area (Å²) in [7, 11) is 0. The van der Waals surface area contributed by atoms with Gasteiger partial charge in [-0.3, -0.25) is 4.79 Å². The van der Waals surface area contributed by atoms with E-state index in [0.29, 0.717) is 5.92 Å². The molecule has 0 amide bonds. The SMILES string of the molecule is CC1CCC(OC(=O)[C@@H]2CC[C@H](N)C2)CC1C. The van der Waals surface area contributed by atoms with Crippen molar-refractivity contribution in [3.63, 3.8) is 0 Å². The van der Waals surface area contributed by atoms with E-state index in [1.165, 1.54) is 6.42 Å². The fraction of sp³-hybridized carbons (Fsp3) is 0.929. The predicted molar refractivity (Wildman–Crippen MR) is 67.4 cm³/mol. The second-order valence-corrected chi connectivity index (χ2v) is 6.10. The Hall–Kier alpha value is -0.570. The normalized spacial score (nSPS) is 42.4. The van der Waals surface area contributed by atoms with E-state index in [-0.39, 0.29) is 24.0 Å². The van der Waals surface area contributed by atoms with Gasteiger partial charge >= 0.3 is 5.97 Å². The van der Waals surface area contributed by atoms with Gasteiger partial charge in [0.05, 0.1) is 5.92 Å². The molecule has 98 valence electrons. The minimum absolute atomic E-state index is 0.00435. The summed E-state index contributed by atoms with van der Waals surface area (Å²) < 4.78 is 5.65. The molecule has 3 unspecified atom stereocenters.